The summed E-state index contributed by atoms with van der Waals surface area (Å²) in [5, 5.41) is 0. The van der Waals surface area contributed by atoms with Crippen LogP contribution >= 0.6 is 22.6 Å². The van der Waals surface area contributed by atoms with Crippen LogP contribution in [0.4, 0.5) is 0 Å². The number of nitrogens with zero attached hydrogens (tertiary/aromatic N) is 1. The number of nitrogens with two attached hydrogens (primary N) is 1. The second-order valence-electron chi connectivity index (χ2n) is 5.51. The highest BCUT2D eigenvalue weighted by Crippen LogP contribution is 2.31. The molecule has 1 aliphatic carbocycles. The zero-order valence-electron chi connectivity index (χ0n) is 12.3. The summed E-state index contributed by atoms with van der Waals surface area (Å²) in [5.74, 6) is 0.275. The highest BCUT2D eigenvalue weighted by molar-refractivity contribution is 14.1. The minimum absolute atomic E-state index is 0.0398. The SMILES string of the molecule is CCN(C1CCCCC1CN)S(=O)(=O)c1ccc(I)cc1. The molecule has 0 saturated heterocycles. The van der Waals surface area contributed by atoms with Crippen molar-refractivity contribution < 1.29 is 8.42 Å². The number of benzene rings is 1. The number of halogens is 1. The van der Waals surface area contributed by atoms with E-state index in [0.29, 0.717) is 18.0 Å². The first-order chi connectivity index (χ1) is 10.0. The molecule has 21 heavy (non-hydrogen) atoms. The predicted molar refractivity (Wildman–Crippen MR) is 93.5 cm³/mol. The lowest BCUT2D eigenvalue weighted by Gasteiger charge is -2.38. The van der Waals surface area contributed by atoms with Gasteiger partial charge in [0.05, 0.1) is 4.90 Å². The van der Waals surface area contributed by atoms with E-state index in [2.05, 4.69) is 22.6 Å². The maximum Gasteiger partial charge on any atom is 0.243 e. The monoisotopic (exact) mass is 422 g/mol. The molecule has 1 saturated carbocycles. The fourth-order valence-electron chi connectivity index (χ4n) is 3.17. The molecule has 0 radical (unpaired) electrons. The van der Waals surface area contributed by atoms with E-state index in [1.165, 1.54) is 0 Å². The Morgan fingerprint density at radius 2 is 1.86 bits per heavy atom. The van der Waals surface area contributed by atoms with E-state index in [4.69, 9.17) is 5.73 Å². The fraction of sp³-hybridized carbons (Fsp3) is 0.600. The normalized spacial score (nSPS) is 23.4. The second-order valence-corrected chi connectivity index (χ2v) is 8.65. The van der Waals surface area contributed by atoms with Crippen molar-refractivity contribution in [1.82, 2.24) is 4.31 Å². The molecule has 118 valence electrons. The number of sulfonamides is 1. The van der Waals surface area contributed by atoms with Crippen molar-refractivity contribution in [3.8, 4) is 0 Å². The lowest BCUT2D eigenvalue weighted by molar-refractivity contribution is 0.187. The molecule has 2 unspecified atom stereocenters. The van der Waals surface area contributed by atoms with Gasteiger partial charge in [-0.2, -0.15) is 4.31 Å². The van der Waals surface area contributed by atoms with Gasteiger partial charge in [-0.15, -0.1) is 0 Å². The molecule has 1 aromatic carbocycles. The molecule has 1 aromatic rings. The minimum atomic E-state index is -3.44. The van der Waals surface area contributed by atoms with Gasteiger partial charge in [0.25, 0.3) is 0 Å². The molecular formula is C15H23IN2O2S. The average molecular weight is 422 g/mol. The van der Waals surface area contributed by atoms with Gasteiger partial charge in [-0.05, 0) is 72.2 Å². The van der Waals surface area contributed by atoms with Gasteiger partial charge >= 0.3 is 0 Å². The summed E-state index contributed by atoms with van der Waals surface area (Å²) < 4.78 is 28.5. The third-order valence-electron chi connectivity index (χ3n) is 4.27. The van der Waals surface area contributed by atoms with E-state index in [-0.39, 0.29) is 12.0 Å². The van der Waals surface area contributed by atoms with E-state index >= 15 is 0 Å². The topological polar surface area (TPSA) is 63.4 Å². The minimum Gasteiger partial charge on any atom is -0.330 e. The highest BCUT2D eigenvalue weighted by Gasteiger charge is 2.35. The van der Waals surface area contributed by atoms with Crippen LogP contribution in [0.3, 0.4) is 0 Å². The van der Waals surface area contributed by atoms with Gasteiger partial charge in [0.15, 0.2) is 0 Å². The van der Waals surface area contributed by atoms with E-state index in [0.717, 1.165) is 29.3 Å². The van der Waals surface area contributed by atoms with Crippen molar-refractivity contribution in [2.45, 2.75) is 43.5 Å². The maximum atomic E-state index is 12.9. The molecule has 6 heteroatoms. The van der Waals surface area contributed by atoms with Crippen molar-refractivity contribution in [3.05, 3.63) is 27.8 Å². The standard InChI is InChI=1S/C15H23IN2O2S/c1-2-18(15-6-4-3-5-12(15)11-17)21(19,20)14-9-7-13(16)8-10-14/h7-10,12,15H,2-6,11,17H2,1H3. The molecule has 1 aliphatic rings. The summed E-state index contributed by atoms with van der Waals surface area (Å²) in [6, 6.07) is 7.10. The van der Waals surface area contributed by atoms with Gasteiger partial charge in [-0.25, -0.2) is 8.42 Å². The van der Waals surface area contributed by atoms with Crippen molar-refractivity contribution in [2.24, 2.45) is 11.7 Å². The summed E-state index contributed by atoms with van der Waals surface area (Å²) in [4.78, 5) is 0.381. The molecule has 2 rings (SSSR count). The van der Waals surface area contributed by atoms with Crippen LogP contribution in [0.5, 0.6) is 0 Å². The van der Waals surface area contributed by atoms with Crippen LogP contribution in [-0.2, 0) is 10.0 Å². The summed E-state index contributed by atoms with van der Waals surface area (Å²) in [7, 11) is -3.44. The Balaban J connectivity index is 2.32. The van der Waals surface area contributed by atoms with E-state index in [1.54, 1.807) is 16.4 Å². The van der Waals surface area contributed by atoms with Crippen molar-refractivity contribution in [1.29, 1.82) is 0 Å². The molecule has 0 aromatic heterocycles. The summed E-state index contributed by atoms with van der Waals surface area (Å²) in [5.41, 5.74) is 5.87. The summed E-state index contributed by atoms with van der Waals surface area (Å²) in [6.45, 7) is 2.96. The van der Waals surface area contributed by atoms with E-state index in [1.807, 2.05) is 19.1 Å². The zero-order valence-corrected chi connectivity index (χ0v) is 15.3. The van der Waals surface area contributed by atoms with Crippen LogP contribution in [0.25, 0.3) is 0 Å². The number of hydrogen-bond acceptors (Lipinski definition) is 3. The van der Waals surface area contributed by atoms with Crippen molar-refractivity contribution in [3.63, 3.8) is 0 Å². The van der Waals surface area contributed by atoms with E-state index in [9.17, 15) is 8.42 Å². The molecule has 0 heterocycles. The molecule has 0 bridgehead atoms. The largest absolute Gasteiger partial charge is 0.330 e. The lowest BCUT2D eigenvalue weighted by atomic mass is 9.84. The van der Waals surface area contributed by atoms with Gasteiger partial charge in [-0.3, -0.25) is 0 Å². The molecule has 0 amide bonds. The summed E-state index contributed by atoms with van der Waals surface area (Å²) in [6.07, 6.45) is 4.18. The van der Waals surface area contributed by atoms with Gasteiger partial charge in [-0.1, -0.05) is 19.8 Å². The predicted octanol–water partition coefficient (Wildman–Crippen LogP) is 2.82. The van der Waals surface area contributed by atoms with Crippen LogP contribution in [0.2, 0.25) is 0 Å². The van der Waals surface area contributed by atoms with Crippen molar-refractivity contribution in [2.75, 3.05) is 13.1 Å². The quantitative estimate of drug-likeness (QED) is 0.743. The van der Waals surface area contributed by atoms with Gasteiger partial charge in [0.1, 0.15) is 0 Å². The fourth-order valence-corrected chi connectivity index (χ4v) is 5.25. The molecule has 0 spiro atoms. The molecule has 0 aliphatic heterocycles. The average Bonchev–Trinajstić information content (AvgIpc) is 2.48. The van der Waals surface area contributed by atoms with Crippen LogP contribution in [0.15, 0.2) is 29.2 Å². The molecule has 2 atom stereocenters. The van der Waals surface area contributed by atoms with Crippen LogP contribution in [0.1, 0.15) is 32.6 Å². The summed E-state index contributed by atoms with van der Waals surface area (Å²) >= 11 is 2.18. The lowest BCUT2D eigenvalue weighted by Crippen LogP contribution is -2.47. The molecule has 4 nitrogen and oxygen atoms in total. The second kappa shape index (κ2) is 7.39. The highest BCUT2D eigenvalue weighted by atomic mass is 127. The van der Waals surface area contributed by atoms with Gasteiger partial charge < -0.3 is 5.73 Å². The zero-order chi connectivity index (χ0) is 15.5. The van der Waals surface area contributed by atoms with Crippen LogP contribution < -0.4 is 5.73 Å². The molecule has 2 N–H and O–H groups in total. The third kappa shape index (κ3) is 3.78. The third-order valence-corrected chi connectivity index (χ3v) is 7.01. The van der Waals surface area contributed by atoms with Gasteiger partial charge in [0, 0.05) is 16.2 Å². The van der Waals surface area contributed by atoms with Gasteiger partial charge in [0.2, 0.25) is 10.0 Å². The number of hydrogen-bond donors (Lipinski definition) is 1. The maximum absolute atomic E-state index is 12.9. The van der Waals surface area contributed by atoms with Crippen molar-refractivity contribution >= 4 is 32.6 Å². The molecule has 1 fully saturated rings. The Bertz CT molecular complexity index is 560. The first-order valence-electron chi connectivity index (χ1n) is 7.48. The Kier molecular flexibility index (Phi) is 6.05. The molecular weight excluding hydrogens is 399 g/mol. The first-order valence-corrected chi connectivity index (χ1v) is 10.00. The Morgan fingerprint density at radius 3 is 2.43 bits per heavy atom. The van der Waals surface area contributed by atoms with Crippen LogP contribution in [-0.4, -0.2) is 31.9 Å². The first kappa shape index (κ1) is 17.2. The Labute approximate surface area is 141 Å². The number of rotatable bonds is 5. The Hall–Kier alpha value is -0.180. The Morgan fingerprint density at radius 1 is 1.24 bits per heavy atom. The smallest absolute Gasteiger partial charge is 0.243 e. The van der Waals surface area contributed by atoms with Crippen LogP contribution in [0, 0.1) is 9.49 Å². The van der Waals surface area contributed by atoms with E-state index < -0.39 is 10.0 Å².